The van der Waals surface area contributed by atoms with Crippen molar-refractivity contribution in [1.29, 1.82) is 0 Å². The molecule has 0 radical (unpaired) electrons. The molecular formula is C19H15BrN6O2S. The Kier molecular flexibility index (Phi) is 5.36. The average molecular weight is 471 g/mol. The van der Waals surface area contributed by atoms with E-state index in [1.165, 1.54) is 0 Å². The fourth-order valence-corrected chi connectivity index (χ4v) is 3.71. The number of hydrogen-bond acceptors (Lipinski definition) is 7. The highest BCUT2D eigenvalue weighted by molar-refractivity contribution is 9.10. The Balaban J connectivity index is 1.57. The molecule has 2 heterocycles. The fraction of sp³-hybridized carbons (Fsp3) is 0.105. The Hall–Kier alpha value is -3.11. The van der Waals surface area contributed by atoms with Crippen LogP contribution in [0.3, 0.4) is 0 Å². The van der Waals surface area contributed by atoms with Gasteiger partial charge in [0.1, 0.15) is 5.75 Å². The smallest absolute Gasteiger partial charge is 0.257 e. The Morgan fingerprint density at radius 1 is 1.21 bits per heavy atom. The van der Waals surface area contributed by atoms with E-state index in [1.54, 1.807) is 36.1 Å². The minimum Gasteiger partial charge on any atom is -0.497 e. The number of amides is 1. The van der Waals surface area contributed by atoms with Gasteiger partial charge in [0.25, 0.3) is 5.91 Å². The fourth-order valence-electron chi connectivity index (χ4n) is 2.69. The third-order valence-electron chi connectivity index (χ3n) is 4.17. The summed E-state index contributed by atoms with van der Waals surface area (Å²) in [6.07, 6.45) is 0. The first-order valence-corrected chi connectivity index (χ1v) is 10.1. The lowest BCUT2D eigenvalue weighted by atomic mass is 10.2. The number of methoxy groups -OCH3 is 1. The average Bonchev–Trinajstić information content (AvgIpc) is 3.35. The molecule has 1 N–H and O–H groups in total. The monoisotopic (exact) mass is 470 g/mol. The molecule has 0 aliphatic heterocycles. The van der Waals surface area contributed by atoms with Crippen molar-refractivity contribution in [2.24, 2.45) is 0 Å². The number of hydrogen-bond donors (Lipinski definition) is 1. The van der Waals surface area contributed by atoms with Crippen LogP contribution in [0.4, 0.5) is 5.13 Å². The summed E-state index contributed by atoms with van der Waals surface area (Å²) < 4.78 is 12.1. The molecule has 2 aromatic heterocycles. The van der Waals surface area contributed by atoms with Crippen molar-refractivity contribution < 1.29 is 9.53 Å². The topological polar surface area (TPSA) is 94.8 Å². The Labute approximate surface area is 178 Å². The number of ether oxygens (including phenoxy) is 1. The molecule has 0 saturated carbocycles. The van der Waals surface area contributed by atoms with Gasteiger partial charge in [-0.3, -0.25) is 10.1 Å². The maximum Gasteiger partial charge on any atom is 0.257 e. The van der Waals surface area contributed by atoms with Crippen molar-refractivity contribution in [1.82, 2.24) is 24.4 Å². The van der Waals surface area contributed by atoms with Crippen molar-refractivity contribution in [3.05, 3.63) is 64.3 Å². The van der Waals surface area contributed by atoms with Gasteiger partial charge in [-0.1, -0.05) is 23.4 Å². The molecule has 2 aromatic carbocycles. The van der Waals surface area contributed by atoms with Crippen LogP contribution in [-0.4, -0.2) is 37.4 Å². The molecule has 29 heavy (non-hydrogen) atoms. The number of nitrogens with one attached hydrogen (secondary N) is 1. The molecule has 0 fully saturated rings. The Morgan fingerprint density at radius 2 is 2.03 bits per heavy atom. The van der Waals surface area contributed by atoms with Crippen molar-refractivity contribution in [3.8, 4) is 23.0 Å². The van der Waals surface area contributed by atoms with Crippen molar-refractivity contribution in [3.63, 3.8) is 0 Å². The molecule has 0 unspecified atom stereocenters. The lowest BCUT2D eigenvalue weighted by molar-refractivity contribution is 0.102. The van der Waals surface area contributed by atoms with Crippen molar-refractivity contribution in [2.75, 3.05) is 12.4 Å². The SMILES string of the molecule is COc1cccc(C(=O)Nc2nc(-c3nnn(-c4ccccc4Br)c3C)ns2)c1. The molecule has 0 atom stereocenters. The number of rotatable bonds is 5. The number of para-hydroxylation sites is 1. The van der Waals surface area contributed by atoms with Crippen molar-refractivity contribution >= 4 is 38.5 Å². The third kappa shape index (κ3) is 3.89. The summed E-state index contributed by atoms with van der Waals surface area (Å²) in [5.74, 6) is 0.724. The zero-order valence-electron chi connectivity index (χ0n) is 15.5. The van der Waals surface area contributed by atoms with Gasteiger partial charge in [-0.25, -0.2) is 4.68 Å². The van der Waals surface area contributed by atoms with Crippen LogP contribution in [0.5, 0.6) is 5.75 Å². The summed E-state index contributed by atoms with van der Waals surface area (Å²) in [5, 5.41) is 11.6. The number of aromatic nitrogens is 5. The van der Waals surface area contributed by atoms with Crippen molar-refractivity contribution in [2.45, 2.75) is 6.92 Å². The van der Waals surface area contributed by atoms with Gasteiger partial charge in [0.2, 0.25) is 5.13 Å². The van der Waals surface area contributed by atoms with E-state index in [4.69, 9.17) is 4.74 Å². The third-order valence-corrected chi connectivity index (χ3v) is 5.47. The minimum atomic E-state index is -0.291. The molecule has 8 nitrogen and oxygen atoms in total. The molecule has 4 aromatic rings. The van der Waals surface area contributed by atoms with E-state index in [0.29, 0.717) is 28.0 Å². The highest BCUT2D eigenvalue weighted by atomic mass is 79.9. The predicted octanol–water partition coefficient (Wildman–Crippen LogP) is 4.12. The van der Waals surface area contributed by atoms with Gasteiger partial charge in [0.15, 0.2) is 11.5 Å². The number of benzene rings is 2. The summed E-state index contributed by atoms with van der Waals surface area (Å²) in [7, 11) is 1.55. The van der Waals surface area contributed by atoms with E-state index in [1.807, 2.05) is 31.2 Å². The van der Waals surface area contributed by atoms with Crippen LogP contribution >= 0.6 is 27.5 Å². The first-order chi connectivity index (χ1) is 14.1. The van der Waals surface area contributed by atoms with Gasteiger partial charge in [-0.05, 0) is 53.2 Å². The van der Waals surface area contributed by atoms with E-state index in [0.717, 1.165) is 27.4 Å². The van der Waals surface area contributed by atoms with E-state index in [9.17, 15) is 4.79 Å². The zero-order valence-corrected chi connectivity index (χ0v) is 17.9. The normalized spacial score (nSPS) is 10.7. The standard InChI is InChI=1S/C19H15BrN6O2S/c1-11-16(23-25-26(11)15-9-4-3-8-14(15)20)17-21-19(29-24-17)22-18(27)12-6-5-7-13(10-12)28-2/h3-10H,1-2H3,(H,21,22,24,27). The molecule has 0 bridgehead atoms. The maximum atomic E-state index is 12.5. The van der Waals surface area contributed by atoms with Crippen LogP contribution in [0.1, 0.15) is 16.1 Å². The van der Waals surface area contributed by atoms with E-state index in [-0.39, 0.29) is 5.91 Å². The highest BCUT2D eigenvalue weighted by Gasteiger charge is 2.18. The largest absolute Gasteiger partial charge is 0.497 e. The van der Waals surface area contributed by atoms with Gasteiger partial charge in [0, 0.05) is 21.6 Å². The molecule has 1 amide bonds. The van der Waals surface area contributed by atoms with Crippen LogP contribution in [0.15, 0.2) is 53.0 Å². The molecule has 0 saturated heterocycles. The number of nitrogens with zero attached hydrogens (tertiary/aromatic N) is 5. The summed E-state index contributed by atoms with van der Waals surface area (Å²) in [6, 6.07) is 14.6. The number of anilines is 1. The first-order valence-electron chi connectivity index (χ1n) is 8.53. The predicted molar refractivity (Wildman–Crippen MR) is 114 cm³/mol. The summed E-state index contributed by atoms with van der Waals surface area (Å²) in [5.41, 5.74) is 2.68. The molecule has 10 heteroatoms. The molecule has 4 rings (SSSR count). The van der Waals surface area contributed by atoms with E-state index < -0.39 is 0 Å². The van der Waals surface area contributed by atoms with Gasteiger partial charge in [-0.2, -0.15) is 9.36 Å². The summed E-state index contributed by atoms with van der Waals surface area (Å²) in [6.45, 7) is 1.89. The number of carbonyl (C=O) groups is 1. The van der Waals surface area contributed by atoms with Gasteiger partial charge in [0.05, 0.1) is 18.5 Å². The van der Waals surface area contributed by atoms with E-state index in [2.05, 4.69) is 40.9 Å². The lowest BCUT2D eigenvalue weighted by Gasteiger charge is -2.05. The Morgan fingerprint density at radius 3 is 2.83 bits per heavy atom. The second-order valence-electron chi connectivity index (χ2n) is 6.00. The maximum absolute atomic E-state index is 12.5. The highest BCUT2D eigenvalue weighted by Crippen LogP contribution is 2.27. The van der Waals surface area contributed by atoms with Crippen LogP contribution in [0.2, 0.25) is 0 Å². The quantitative estimate of drug-likeness (QED) is 0.471. The Bertz CT molecular complexity index is 1190. The van der Waals surface area contributed by atoms with Gasteiger partial charge < -0.3 is 4.74 Å². The second-order valence-corrected chi connectivity index (χ2v) is 7.60. The molecule has 0 spiro atoms. The molecule has 0 aliphatic carbocycles. The molecule has 146 valence electrons. The second kappa shape index (κ2) is 8.10. The number of halogens is 1. The summed E-state index contributed by atoms with van der Waals surface area (Å²) in [4.78, 5) is 16.9. The zero-order chi connectivity index (χ0) is 20.4. The van der Waals surface area contributed by atoms with Gasteiger partial charge in [-0.15, -0.1) is 5.10 Å². The molecule has 0 aliphatic rings. The van der Waals surface area contributed by atoms with Crippen LogP contribution < -0.4 is 10.1 Å². The first kappa shape index (κ1) is 19.2. The van der Waals surface area contributed by atoms with Crippen LogP contribution in [0.25, 0.3) is 17.2 Å². The minimum absolute atomic E-state index is 0.291. The molecular weight excluding hydrogens is 456 g/mol. The van der Waals surface area contributed by atoms with Crippen LogP contribution in [-0.2, 0) is 0 Å². The van der Waals surface area contributed by atoms with E-state index >= 15 is 0 Å². The van der Waals surface area contributed by atoms with Crippen LogP contribution in [0, 0.1) is 6.92 Å². The number of carbonyl (C=O) groups excluding carboxylic acids is 1. The summed E-state index contributed by atoms with van der Waals surface area (Å²) >= 11 is 4.61. The van der Waals surface area contributed by atoms with Gasteiger partial charge >= 0.3 is 0 Å². The lowest BCUT2D eigenvalue weighted by Crippen LogP contribution is -2.11.